The van der Waals surface area contributed by atoms with Crippen LogP contribution in [0.3, 0.4) is 0 Å². The number of nitriles is 1. The van der Waals surface area contributed by atoms with Gasteiger partial charge in [0.05, 0.1) is 6.07 Å². The lowest BCUT2D eigenvalue weighted by molar-refractivity contribution is 0.411. The Balaban J connectivity index is 1.67. The first kappa shape index (κ1) is 12.4. The Morgan fingerprint density at radius 2 is 2.53 bits per heavy atom. The smallest absolute Gasteiger partial charge is 0.183 e. The predicted octanol–water partition coefficient (Wildman–Crippen LogP) is 1.71. The van der Waals surface area contributed by atoms with E-state index in [-0.39, 0.29) is 5.54 Å². The number of aromatic amines is 1. The Bertz CT molecular complexity index is 381. The highest BCUT2D eigenvalue weighted by Crippen LogP contribution is 2.25. The maximum Gasteiger partial charge on any atom is 0.183 e. The van der Waals surface area contributed by atoms with Crippen molar-refractivity contribution < 1.29 is 0 Å². The van der Waals surface area contributed by atoms with Gasteiger partial charge in [0.15, 0.2) is 5.16 Å². The van der Waals surface area contributed by atoms with E-state index in [0.717, 1.165) is 23.8 Å². The van der Waals surface area contributed by atoms with Gasteiger partial charge in [-0.1, -0.05) is 11.8 Å². The van der Waals surface area contributed by atoms with Crippen LogP contribution >= 0.6 is 11.8 Å². The van der Waals surface area contributed by atoms with E-state index >= 15 is 0 Å². The van der Waals surface area contributed by atoms with E-state index in [0.29, 0.717) is 6.04 Å². The minimum absolute atomic E-state index is 0.372. The quantitative estimate of drug-likeness (QED) is 0.570. The van der Waals surface area contributed by atoms with Gasteiger partial charge in [-0.15, -0.1) is 0 Å². The summed E-state index contributed by atoms with van der Waals surface area (Å²) in [6.07, 6.45) is 5.81. The van der Waals surface area contributed by atoms with Gasteiger partial charge in [-0.25, -0.2) is 4.98 Å². The van der Waals surface area contributed by atoms with E-state index < -0.39 is 0 Å². The average molecular weight is 251 g/mol. The molecule has 6 heteroatoms. The van der Waals surface area contributed by atoms with E-state index in [9.17, 15) is 5.26 Å². The van der Waals surface area contributed by atoms with Crippen molar-refractivity contribution in [2.24, 2.45) is 0 Å². The van der Waals surface area contributed by atoms with Crippen molar-refractivity contribution in [1.82, 2.24) is 20.5 Å². The predicted molar refractivity (Wildman–Crippen MR) is 66.5 cm³/mol. The van der Waals surface area contributed by atoms with Crippen LogP contribution in [0.25, 0.3) is 0 Å². The molecule has 1 heterocycles. The largest absolute Gasteiger partial charge is 0.297 e. The van der Waals surface area contributed by atoms with Gasteiger partial charge >= 0.3 is 0 Å². The molecule has 0 saturated heterocycles. The van der Waals surface area contributed by atoms with E-state index in [2.05, 4.69) is 26.6 Å². The van der Waals surface area contributed by atoms with Gasteiger partial charge in [0.25, 0.3) is 0 Å². The highest BCUT2D eigenvalue weighted by molar-refractivity contribution is 7.99. The molecule has 0 aliphatic heterocycles. The molecule has 1 atom stereocenters. The molecule has 1 aromatic rings. The number of rotatable bonds is 7. The van der Waals surface area contributed by atoms with Crippen LogP contribution < -0.4 is 5.32 Å². The summed E-state index contributed by atoms with van der Waals surface area (Å²) in [4.78, 5) is 4.04. The Morgan fingerprint density at radius 3 is 3.12 bits per heavy atom. The molecule has 0 radical (unpaired) electrons. The van der Waals surface area contributed by atoms with Crippen LogP contribution in [-0.4, -0.2) is 32.5 Å². The third-order valence-electron chi connectivity index (χ3n) is 2.80. The number of hydrogen-bond donors (Lipinski definition) is 2. The third-order valence-corrected chi connectivity index (χ3v) is 3.76. The van der Waals surface area contributed by atoms with Crippen LogP contribution in [-0.2, 0) is 0 Å². The lowest BCUT2D eigenvalue weighted by atomic mass is 9.98. The summed E-state index contributed by atoms with van der Waals surface area (Å²) in [5, 5.41) is 20.1. The van der Waals surface area contributed by atoms with E-state index in [1.54, 1.807) is 11.8 Å². The Labute approximate surface area is 105 Å². The average Bonchev–Trinajstić information content (AvgIpc) is 2.97. The van der Waals surface area contributed by atoms with Crippen molar-refractivity contribution in [3.05, 3.63) is 6.33 Å². The van der Waals surface area contributed by atoms with Crippen LogP contribution in [0.5, 0.6) is 0 Å². The number of nitrogens with one attached hydrogen (secondary N) is 2. The summed E-state index contributed by atoms with van der Waals surface area (Å²) < 4.78 is 0. The molecule has 1 aliphatic rings. The van der Waals surface area contributed by atoms with E-state index in [1.807, 2.05) is 6.92 Å². The molecule has 2 rings (SSSR count). The highest BCUT2D eigenvalue weighted by atomic mass is 32.2. The van der Waals surface area contributed by atoms with Gasteiger partial charge in [0.1, 0.15) is 11.9 Å². The summed E-state index contributed by atoms with van der Waals surface area (Å²) >= 11 is 1.65. The Kier molecular flexibility index (Phi) is 4.02. The van der Waals surface area contributed by atoms with Gasteiger partial charge in [-0.2, -0.15) is 10.4 Å². The summed E-state index contributed by atoms with van der Waals surface area (Å²) in [6.45, 7) is 1.99. The van der Waals surface area contributed by atoms with Crippen molar-refractivity contribution in [3.63, 3.8) is 0 Å². The molecule has 1 aliphatic carbocycles. The van der Waals surface area contributed by atoms with Crippen molar-refractivity contribution in [2.45, 2.75) is 49.3 Å². The topological polar surface area (TPSA) is 77.4 Å². The molecule has 0 bridgehead atoms. The molecule has 1 fully saturated rings. The molecule has 5 nitrogen and oxygen atoms in total. The van der Waals surface area contributed by atoms with Crippen molar-refractivity contribution in [2.75, 3.05) is 5.75 Å². The standard InChI is InChI=1S/C11H17N5S/c1-11(7-12,15-9-3-4-9)5-2-6-17-10-13-8-14-16-10/h8-9,15H,2-6H2,1H3,(H,13,14,16). The molecular weight excluding hydrogens is 234 g/mol. The lowest BCUT2D eigenvalue weighted by Gasteiger charge is -2.22. The molecule has 0 amide bonds. The van der Waals surface area contributed by atoms with Crippen molar-refractivity contribution in [1.29, 1.82) is 5.26 Å². The number of H-pyrrole nitrogens is 1. The van der Waals surface area contributed by atoms with Crippen LogP contribution in [0.2, 0.25) is 0 Å². The maximum atomic E-state index is 9.20. The third kappa shape index (κ3) is 4.02. The second-order valence-electron chi connectivity index (χ2n) is 4.61. The fraction of sp³-hybridized carbons (Fsp3) is 0.727. The molecule has 0 spiro atoms. The first-order valence-electron chi connectivity index (χ1n) is 5.89. The molecule has 1 aromatic heterocycles. The van der Waals surface area contributed by atoms with Crippen LogP contribution in [0.15, 0.2) is 11.5 Å². The summed E-state index contributed by atoms with van der Waals surface area (Å²) in [5.41, 5.74) is -0.372. The zero-order chi connectivity index (χ0) is 12.1. The fourth-order valence-corrected chi connectivity index (χ4v) is 2.42. The van der Waals surface area contributed by atoms with Crippen molar-refractivity contribution >= 4 is 11.8 Å². The lowest BCUT2D eigenvalue weighted by Crippen LogP contribution is -2.42. The second kappa shape index (κ2) is 5.52. The summed E-state index contributed by atoms with van der Waals surface area (Å²) in [6, 6.07) is 2.96. The zero-order valence-corrected chi connectivity index (χ0v) is 10.8. The van der Waals surface area contributed by atoms with Gasteiger partial charge < -0.3 is 0 Å². The summed E-state index contributed by atoms with van der Waals surface area (Å²) in [7, 11) is 0. The minimum Gasteiger partial charge on any atom is -0.297 e. The first-order valence-corrected chi connectivity index (χ1v) is 6.87. The second-order valence-corrected chi connectivity index (χ2v) is 5.69. The zero-order valence-electron chi connectivity index (χ0n) is 9.94. The van der Waals surface area contributed by atoms with Crippen LogP contribution in [0.1, 0.15) is 32.6 Å². The Morgan fingerprint density at radius 1 is 1.71 bits per heavy atom. The SMILES string of the molecule is CC(C#N)(CCCSc1ncn[nH]1)NC1CC1. The van der Waals surface area contributed by atoms with Gasteiger partial charge in [0, 0.05) is 11.8 Å². The van der Waals surface area contributed by atoms with Crippen LogP contribution in [0, 0.1) is 11.3 Å². The number of aromatic nitrogens is 3. The molecule has 1 unspecified atom stereocenters. The van der Waals surface area contributed by atoms with Gasteiger partial charge in [-0.05, 0) is 32.6 Å². The molecular formula is C11H17N5S. The summed E-state index contributed by atoms with van der Waals surface area (Å²) in [5.74, 6) is 0.957. The molecule has 92 valence electrons. The van der Waals surface area contributed by atoms with E-state index in [4.69, 9.17) is 0 Å². The highest BCUT2D eigenvalue weighted by Gasteiger charge is 2.31. The monoisotopic (exact) mass is 251 g/mol. The Hall–Kier alpha value is -1.06. The normalized spacial score (nSPS) is 18.6. The first-order chi connectivity index (χ1) is 8.22. The minimum atomic E-state index is -0.372. The molecule has 0 aromatic carbocycles. The number of thioether (sulfide) groups is 1. The number of nitrogens with zero attached hydrogens (tertiary/aromatic N) is 3. The molecule has 2 N–H and O–H groups in total. The van der Waals surface area contributed by atoms with Crippen LogP contribution in [0.4, 0.5) is 0 Å². The van der Waals surface area contributed by atoms with E-state index in [1.165, 1.54) is 19.2 Å². The van der Waals surface area contributed by atoms with Gasteiger partial charge in [-0.3, -0.25) is 10.4 Å². The molecule has 17 heavy (non-hydrogen) atoms. The maximum absolute atomic E-state index is 9.20. The number of hydrogen-bond acceptors (Lipinski definition) is 5. The fourth-order valence-electron chi connectivity index (χ4n) is 1.70. The van der Waals surface area contributed by atoms with Crippen molar-refractivity contribution in [3.8, 4) is 6.07 Å². The molecule has 1 saturated carbocycles. The van der Waals surface area contributed by atoms with Gasteiger partial charge in [0.2, 0.25) is 0 Å².